The predicted molar refractivity (Wildman–Crippen MR) is 53.0 cm³/mol. The van der Waals surface area contributed by atoms with Crippen LogP contribution in [0.5, 0.6) is 0 Å². The molecule has 3 nitrogen and oxygen atoms in total. The lowest BCUT2D eigenvalue weighted by atomic mass is 9.91. The molecule has 0 aliphatic rings. The van der Waals surface area contributed by atoms with E-state index >= 15 is 0 Å². The summed E-state index contributed by atoms with van der Waals surface area (Å²) >= 11 is 0. The van der Waals surface area contributed by atoms with Gasteiger partial charge in [-0.25, -0.2) is 0 Å². The minimum absolute atomic E-state index is 0.253. The molecule has 0 heterocycles. The zero-order chi connectivity index (χ0) is 9.90. The summed E-state index contributed by atoms with van der Waals surface area (Å²) in [5.74, 6) is 0. The maximum atomic E-state index is 9.84. The first-order valence-corrected chi connectivity index (χ1v) is 4.30. The molecule has 3 heteroatoms. The average Bonchev–Trinajstić information content (AvgIpc) is 2.18. The van der Waals surface area contributed by atoms with Crippen molar-refractivity contribution in [1.29, 1.82) is 0 Å². The van der Waals surface area contributed by atoms with Crippen LogP contribution >= 0.6 is 0 Å². The van der Waals surface area contributed by atoms with Gasteiger partial charge in [0.25, 0.3) is 0 Å². The Morgan fingerprint density at radius 2 is 1.92 bits per heavy atom. The first-order valence-electron chi connectivity index (χ1n) is 4.30. The fraction of sp³-hybridized carbons (Fsp3) is 0.400. The van der Waals surface area contributed by atoms with E-state index < -0.39 is 11.6 Å². The van der Waals surface area contributed by atoms with Gasteiger partial charge in [0.15, 0.2) is 0 Å². The Labute approximate surface area is 78.4 Å². The van der Waals surface area contributed by atoms with Crippen molar-refractivity contribution >= 4 is 0 Å². The molecule has 0 fully saturated rings. The molecule has 5 N–H and O–H groups in total. The van der Waals surface area contributed by atoms with Crippen molar-refractivity contribution < 1.29 is 5.11 Å². The molecule has 0 aliphatic carbocycles. The highest BCUT2D eigenvalue weighted by atomic mass is 16.3. The predicted octanol–water partition coefficient (Wildman–Crippen LogP) is 0.396. The maximum absolute atomic E-state index is 9.84. The van der Waals surface area contributed by atoms with Gasteiger partial charge in [-0.05, 0) is 12.5 Å². The number of rotatable bonds is 3. The van der Waals surface area contributed by atoms with Gasteiger partial charge in [-0.1, -0.05) is 30.3 Å². The highest BCUT2D eigenvalue weighted by Gasteiger charge is 2.27. The molecule has 1 aromatic rings. The molecule has 0 saturated carbocycles. The molecule has 0 radical (unpaired) electrons. The van der Waals surface area contributed by atoms with Crippen molar-refractivity contribution in [3.05, 3.63) is 35.9 Å². The van der Waals surface area contributed by atoms with Crippen LogP contribution in [0, 0.1) is 0 Å². The minimum Gasteiger partial charge on any atom is -0.386 e. The van der Waals surface area contributed by atoms with E-state index in [9.17, 15) is 5.11 Å². The van der Waals surface area contributed by atoms with Gasteiger partial charge in [-0.15, -0.1) is 0 Å². The Morgan fingerprint density at radius 3 is 2.38 bits per heavy atom. The van der Waals surface area contributed by atoms with Gasteiger partial charge in [-0.3, -0.25) is 0 Å². The van der Waals surface area contributed by atoms with E-state index in [1.54, 1.807) is 6.92 Å². The van der Waals surface area contributed by atoms with E-state index in [1.165, 1.54) is 0 Å². The Morgan fingerprint density at radius 1 is 1.38 bits per heavy atom. The van der Waals surface area contributed by atoms with Crippen LogP contribution in [0.15, 0.2) is 30.3 Å². The lowest BCUT2D eigenvalue weighted by Gasteiger charge is -2.29. The Bertz CT molecular complexity index is 259. The Balaban J connectivity index is 2.85. The molecule has 13 heavy (non-hydrogen) atoms. The molecule has 0 bridgehead atoms. The Hall–Kier alpha value is -0.900. The van der Waals surface area contributed by atoms with Crippen molar-refractivity contribution in [1.82, 2.24) is 0 Å². The second-order valence-electron chi connectivity index (χ2n) is 3.52. The number of benzene rings is 1. The number of nitrogens with two attached hydrogens (primary N) is 2. The van der Waals surface area contributed by atoms with Crippen molar-refractivity contribution in [2.45, 2.75) is 18.6 Å². The van der Waals surface area contributed by atoms with Crippen molar-refractivity contribution in [3.8, 4) is 0 Å². The smallest absolute Gasteiger partial charge is 0.0979 e. The van der Waals surface area contributed by atoms with E-state index in [2.05, 4.69) is 0 Å². The molecule has 1 aromatic carbocycles. The van der Waals surface area contributed by atoms with Crippen LogP contribution in [0.3, 0.4) is 0 Å². The van der Waals surface area contributed by atoms with Gasteiger partial charge in [0.2, 0.25) is 0 Å². The van der Waals surface area contributed by atoms with E-state index in [4.69, 9.17) is 11.5 Å². The van der Waals surface area contributed by atoms with Crippen molar-refractivity contribution in [3.63, 3.8) is 0 Å². The summed E-state index contributed by atoms with van der Waals surface area (Å²) in [6.45, 7) is 1.99. The topological polar surface area (TPSA) is 72.3 Å². The largest absolute Gasteiger partial charge is 0.386 e. The van der Waals surface area contributed by atoms with Gasteiger partial charge in [0, 0.05) is 6.54 Å². The standard InChI is InChI=1S/C10H16N2O/c1-10(12,7-11)9(13)8-5-3-2-4-6-8/h2-6,9,13H,7,11-12H2,1H3. The molecule has 0 aromatic heterocycles. The summed E-state index contributed by atoms with van der Waals surface area (Å²) < 4.78 is 0. The first kappa shape index (κ1) is 10.2. The van der Waals surface area contributed by atoms with Crippen LogP contribution < -0.4 is 11.5 Å². The van der Waals surface area contributed by atoms with Crippen LogP contribution in [0.4, 0.5) is 0 Å². The molecular weight excluding hydrogens is 164 g/mol. The quantitative estimate of drug-likeness (QED) is 0.630. The first-order chi connectivity index (χ1) is 6.08. The van der Waals surface area contributed by atoms with Crippen LogP contribution in [-0.4, -0.2) is 17.2 Å². The monoisotopic (exact) mass is 180 g/mol. The lowest BCUT2D eigenvalue weighted by Crippen LogP contribution is -2.49. The molecule has 0 saturated heterocycles. The summed E-state index contributed by atoms with van der Waals surface area (Å²) in [5.41, 5.74) is 11.3. The number of hydrogen-bond acceptors (Lipinski definition) is 3. The normalized spacial score (nSPS) is 17.8. The van der Waals surface area contributed by atoms with Gasteiger partial charge in [-0.2, -0.15) is 0 Å². The fourth-order valence-corrected chi connectivity index (χ4v) is 1.13. The minimum atomic E-state index is -0.763. The molecule has 72 valence electrons. The van der Waals surface area contributed by atoms with E-state index in [-0.39, 0.29) is 6.54 Å². The number of aliphatic hydroxyl groups is 1. The summed E-state index contributed by atoms with van der Waals surface area (Å²) in [7, 11) is 0. The molecule has 0 spiro atoms. The zero-order valence-corrected chi connectivity index (χ0v) is 7.77. The fourth-order valence-electron chi connectivity index (χ4n) is 1.13. The van der Waals surface area contributed by atoms with E-state index in [0.29, 0.717) is 0 Å². The summed E-state index contributed by atoms with van der Waals surface area (Å²) in [6, 6.07) is 9.31. The third kappa shape index (κ3) is 2.28. The van der Waals surface area contributed by atoms with E-state index in [0.717, 1.165) is 5.56 Å². The van der Waals surface area contributed by atoms with Crippen molar-refractivity contribution in [2.24, 2.45) is 11.5 Å². The molecule has 0 amide bonds. The van der Waals surface area contributed by atoms with Gasteiger partial charge in [0.1, 0.15) is 0 Å². The third-order valence-electron chi connectivity index (χ3n) is 2.18. The zero-order valence-electron chi connectivity index (χ0n) is 7.77. The second kappa shape index (κ2) is 3.87. The molecule has 1 rings (SSSR count). The average molecular weight is 180 g/mol. The van der Waals surface area contributed by atoms with Crippen LogP contribution in [0.2, 0.25) is 0 Å². The van der Waals surface area contributed by atoms with E-state index in [1.807, 2.05) is 30.3 Å². The Kier molecular flexibility index (Phi) is 3.03. The van der Waals surface area contributed by atoms with Crippen molar-refractivity contribution in [2.75, 3.05) is 6.54 Å². The maximum Gasteiger partial charge on any atom is 0.0979 e. The lowest BCUT2D eigenvalue weighted by molar-refractivity contribution is 0.0987. The summed E-state index contributed by atoms with van der Waals surface area (Å²) in [6.07, 6.45) is -0.710. The molecule has 2 unspecified atom stereocenters. The summed E-state index contributed by atoms with van der Waals surface area (Å²) in [4.78, 5) is 0. The summed E-state index contributed by atoms with van der Waals surface area (Å²) in [5, 5.41) is 9.84. The number of aliphatic hydroxyl groups excluding tert-OH is 1. The third-order valence-corrected chi connectivity index (χ3v) is 2.18. The van der Waals surface area contributed by atoms with Crippen LogP contribution in [0.1, 0.15) is 18.6 Å². The van der Waals surface area contributed by atoms with Gasteiger partial charge < -0.3 is 16.6 Å². The highest BCUT2D eigenvalue weighted by Crippen LogP contribution is 2.22. The SMILES string of the molecule is CC(N)(CN)C(O)c1ccccc1. The van der Waals surface area contributed by atoms with Gasteiger partial charge >= 0.3 is 0 Å². The molecule has 2 atom stereocenters. The second-order valence-corrected chi connectivity index (χ2v) is 3.52. The van der Waals surface area contributed by atoms with Crippen LogP contribution in [-0.2, 0) is 0 Å². The highest BCUT2D eigenvalue weighted by molar-refractivity contribution is 5.20. The van der Waals surface area contributed by atoms with Crippen LogP contribution in [0.25, 0.3) is 0 Å². The molecular formula is C10H16N2O. The van der Waals surface area contributed by atoms with Gasteiger partial charge in [0.05, 0.1) is 11.6 Å². The number of hydrogen-bond donors (Lipinski definition) is 3. The molecule has 0 aliphatic heterocycles.